The molecule has 1 rings (SSSR count). The van der Waals surface area contributed by atoms with Crippen LogP contribution < -0.4 is 0 Å². The van der Waals surface area contributed by atoms with Crippen molar-refractivity contribution in [1.29, 1.82) is 0 Å². The number of hydrogen-bond donors (Lipinski definition) is 1. The molecule has 1 N–H and O–H groups in total. The normalized spacial score (nSPS) is 14.1. The predicted octanol–water partition coefficient (Wildman–Crippen LogP) is 3.51. The molecule has 16 heavy (non-hydrogen) atoms. The fourth-order valence-corrected chi connectivity index (χ4v) is 2.01. The van der Waals surface area contributed by atoms with Crippen LogP contribution in [0.25, 0.3) is 0 Å². The van der Waals surface area contributed by atoms with Gasteiger partial charge in [0.25, 0.3) is 0 Å². The largest absolute Gasteiger partial charge is 0.481 e. The molecule has 1 aromatic rings. The summed E-state index contributed by atoms with van der Waals surface area (Å²) in [6.45, 7) is 5.53. The van der Waals surface area contributed by atoms with E-state index in [1.54, 1.807) is 6.08 Å². The molecular formula is C13H15BrO2. The van der Waals surface area contributed by atoms with Crippen LogP contribution in [-0.4, -0.2) is 11.1 Å². The van der Waals surface area contributed by atoms with Crippen molar-refractivity contribution in [2.24, 2.45) is 11.8 Å². The number of halogens is 1. The lowest BCUT2D eigenvalue weighted by Crippen LogP contribution is -2.22. The molecule has 2 atom stereocenters. The fraction of sp³-hybridized carbons (Fsp3) is 0.308. The van der Waals surface area contributed by atoms with Gasteiger partial charge in [-0.05, 0) is 24.0 Å². The second-order valence-electron chi connectivity index (χ2n) is 3.84. The van der Waals surface area contributed by atoms with Crippen molar-refractivity contribution in [1.82, 2.24) is 0 Å². The van der Waals surface area contributed by atoms with Crippen molar-refractivity contribution in [2.45, 2.75) is 13.3 Å². The van der Waals surface area contributed by atoms with Gasteiger partial charge in [-0.2, -0.15) is 0 Å². The SMILES string of the molecule is C=CC(C)C(Cc1ccccc1Br)C(=O)O. The van der Waals surface area contributed by atoms with Crippen LogP contribution in [0.2, 0.25) is 0 Å². The van der Waals surface area contributed by atoms with Crippen molar-refractivity contribution in [2.75, 3.05) is 0 Å². The molecule has 0 aliphatic heterocycles. The average molecular weight is 283 g/mol. The van der Waals surface area contributed by atoms with Crippen LogP contribution >= 0.6 is 15.9 Å². The molecule has 0 amide bonds. The van der Waals surface area contributed by atoms with E-state index in [0.29, 0.717) is 6.42 Å². The van der Waals surface area contributed by atoms with E-state index in [9.17, 15) is 4.79 Å². The van der Waals surface area contributed by atoms with E-state index in [1.807, 2.05) is 31.2 Å². The van der Waals surface area contributed by atoms with Crippen LogP contribution in [-0.2, 0) is 11.2 Å². The van der Waals surface area contributed by atoms with Gasteiger partial charge in [-0.1, -0.05) is 47.1 Å². The number of hydrogen-bond acceptors (Lipinski definition) is 1. The highest BCUT2D eigenvalue weighted by atomic mass is 79.9. The van der Waals surface area contributed by atoms with Crippen LogP contribution in [0.15, 0.2) is 41.4 Å². The molecule has 0 aliphatic rings. The molecule has 3 heteroatoms. The van der Waals surface area contributed by atoms with Gasteiger partial charge in [-0.3, -0.25) is 4.79 Å². The topological polar surface area (TPSA) is 37.3 Å². The monoisotopic (exact) mass is 282 g/mol. The van der Waals surface area contributed by atoms with Gasteiger partial charge in [0.05, 0.1) is 5.92 Å². The number of rotatable bonds is 5. The van der Waals surface area contributed by atoms with E-state index in [-0.39, 0.29) is 5.92 Å². The Morgan fingerprint density at radius 3 is 2.69 bits per heavy atom. The maximum atomic E-state index is 11.2. The Morgan fingerprint density at radius 2 is 2.19 bits per heavy atom. The zero-order valence-corrected chi connectivity index (χ0v) is 10.8. The highest BCUT2D eigenvalue weighted by molar-refractivity contribution is 9.10. The summed E-state index contributed by atoms with van der Waals surface area (Å²) in [7, 11) is 0. The lowest BCUT2D eigenvalue weighted by atomic mass is 9.88. The zero-order valence-electron chi connectivity index (χ0n) is 9.19. The third-order valence-corrected chi connectivity index (χ3v) is 3.49. The van der Waals surface area contributed by atoms with Gasteiger partial charge >= 0.3 is 5.97 Å². The first-order chi connectivity index (χ1) is 7.56. The Balaban J connectivity index is 2.88. The Labute approximate surface area is 104 Å². The lowest BCUT2D eigenvalue weighted by Gasteiger charge is -2.17. The molecule has 2 unspecified atom stereocenters. The fourth-order valence-electron chi connectivity index (χ4n) is 1.56. The minimum Gasteiger partial charge on any atom is -0.481 e. The summed E-state index contributed by atoms with van der Waals surface area (Å²) in [6.07, 6.45) is 2.21. The van der Waals surface area contributed by atoms with Gasteiger partial charge in [-0.25, -0.2) is 0 Å². The molecule has 0 aliphatic carbocycles. The highest BCUT2D eigenvalue weighted by Gasteiger charge is 2.23. The molecule has 0 saturated carbocycles. The van der Waals surface area contributed by atoms with Crippen LogP contribution in [0.5, 0.6) is 0 Å². The van der Waals surface area contributed by atoms with Gasteiger partial charge in [0, 0.05) is 4.47 Å². The summed E-state index contributed by atoms with van der Waals surface area (Å²) in [5, 5.41) is 9.16. The smallest absolute Gasteiger partial charge is 0.307 e. The Kier molecular flexibility index (Phi) is 4.74. The first-order valence-corrected chi connectivity index (χ1v) is 5.94. The van der Waals surface area contributed by atoms with E-state index < -0.39 is 11.9 Å². The van der Waals surface area contributed by atoms with E-state index in [0.717, 1.165) is 10.0 Å². The summed E-state index contributed by atoms with van der Waals surface area (Å²) < 4.78 is 0.956. The van der Waals surface area contributed by atoms with Crippen LogP contribution in [0.4, 0.5) is 0 Å². The molecule has 0 bridgehead atoms. The molecule has 0 radical (unpaired) electrons. The lowest BCUT2D eigenvalue weighted by molar-refractivity contribution is -0.142. The Hall–Kier alpha value is -1.09. The summed E-state index contributed by atoms with van der Waals surface area (Å²) in [4.78, 5) is 11.2. The van der Waals surface area contributed by atoms with Crippen molar-refractivity contribution in [3.63, 3.8) is 0 Å². The predicted molar refractivity (Wildman–Crippen MR) is 68.3 cm³/mol. The van der Waals surface area contributed by atoms with Crippen LogP contribution in [0.1, 0.15) is 12.5 Å². The Morgan fingerprint density at radius 1 is 1.56 bits per heavy atom. The van der Waals surface area contributed by atoms with E-state index >= 15 is 0 Å². The molecule has 2 nitrogen and oxygen atoms in total. The highest BCUT2D eigenvalue weighted by Crippen LogP contribution is 2.24. The molecule has 86 valence electrons. The van der Waals surface area contributed by atoms with Gasteiger partial charge in [-0.15, -0.1) is 6.58 Å². The summed E-state index contributed by atoms with van der Waals surface area (Å²) in [5.74, 6) is -1.23. The maximum absolute atomic E-state index is 11.2. The number of benzene rings is 1. The first kappa shape index (κ1) is 13.0. The molecule has 0 aromatic heterocycles. The third-order valence-electron chi connectivity index (χ3n) is 2.72. The number of carbonyl (C=O) groups is 1. The van der Waals surface area contributed by atoms with Crippen molar-refractivity contribution < 1.29 is 9.90 Å². The summed E-state index contributed by atoms with van der Waals surface area (Å²) >= 11 is 3.43. The first-order valence-electron chi connectivity index (χ1n) is 5.15. The van der Waals surface area contributed by atoms with Crippen molar-refractivity contribution in [3.05, 3.63) is 47.0 Å². The Bertz CT molecular complexity index is 387. The molecule has 0 saturated heterocycles. The molecule has 0 fully saturated rings. The number of allylic oxidation sites excluding steroid dienone is 1. The minimum atomic E-state index is -0.775. The van der Waals surface area contributed by atoms with Gasteiger partial charge in [0.2, 0.25) is 0 Å². The third kappa shape index (κ3) is 3.20. The quantitative estimate of drug-likeness (QED) is 0.839. The zero-order chi connectivity index (χ0) is 12.1. The minimum absolute atomic E-state index is 0.0374. The second kappa shape index (κ2) is 5.85. The van der Waals surface area contributed by atoms with E-state index in [4.69, 9.17) is 5.11 Å². The molecule has 0 heterocycles. The van der Waals surface area contributed by atoms with E-state index in [1.165, 1.54) is 0 Å². The summed E-state index contributed by atoms with van der Waals surface area (Å²) in [6, 6.07) is 7.69. The number of aliphatic carboxylic acids is 1. The maximum Gasteiger partial charge on any atom is 0.307 e. The second-order valence-corrected chi connectivity index (χ2v) is 4.69. The summed E-state index contributed by atoms with van der Waals surface area (Å²) in [5.41, 5.74) is 1.02. The van der Waals surface area contributed by atoms with Gasteiger partial charge in [0.1, 0.15) is 0 Å². The van der Waals surface area contributed by atoms with Crippen LogP contribution in [0, 0.1) is 11.8 Å². The van der Waals surface area contributed by atoms with Crippen LogP contribution in [0.3, 0.4) is 0 Å². The van der Waals surface area contributed by atoms with Crippen molar-refractivity contribution in [3.8, 4) is 0 Å². The van der Waals surface area contributed by atoms with E-state index in [2.05, 4.69) is 22.5 Å². The van der Waals surface area contributed by atoms with Crippen molar-refractivity contribution >= 4 is 21.9 Å². The standard InChI is InChI=1S/C13H15BrO2/c1-3-9(2)11(13(15)16)8-10-6-4-5-7-12(10)14/h3-7,9,11H,1,8H2,2H3,(H,15,16). The molecular weight excluding hydrogens is 268 g/mol. The average Bonchev–Trinajstić information content (AvgIpc) is 2.26. The molecule has 0 spiro atoms. The van der Waals surface area contributed by atoms with Gasteiger partial charge < -0.3 is 5.11 Å². The van der Waals surface area contributed by atoms with Gasteiger partial charge in [0.15, 0.2) is 0 Å². The molecule has 1 aromatic carbocycles. The number of carboxylic acid groups (broad SMARTS) is 1. The number of carboxylic acids is 1.